The summed E-state index contributed by atoms with van der Waals surface area (Å²) >= 11 is 0. The van der Waals surface area contributed by atoms with Crippen LogP contribution in [0.15, 0.2) is 30.3 Å². The van der Waals surface area contributed by atoms with Crippen LogP contribution in [-0.2, 0) is 11.2 Å². The van der Waals surface area contributed by atoms with Crippen molar-refractivity contribution in [3.05, 3.63) is 35.9 Å². The van der Waals surface area contributed by atoms with Gasteiger partial charge < -0.3 is 10.1 Å². The van der Waals surface area contributed by atoms with Crippen LogP contribution in [0.1, 0.15) is 12.5 Å². The Morgan fingerprint density at radius 2 is 2.00 bits per heavy atom. The molecule has 78 valence electrons. The van der Waals surface area contributed by atoms with Gasteiger partial charge in [0.15, 0.2) is 0 Å². The van der Waals surface area contributed by atoms with Crippen LogP contribution in [0.3, 0.4) is 0 Å². The summed E-state index contributed by atoms with van der Waals surface area (Å²) in [5.41, 5.74) is 1.25. The number of rotatable bonds is 5. The van der Waals surface area contributed by atoms with Crippen LogP contribution in [0, 0.1) is 0 Å². The lowest BCUT2D eigenvalue weighted by atomic mass is 9.98. The highest BCUT2D eigenvalue weighted by atomic mass is 28.2. The highest BCUT2D eigenvalue weighted by molar-refractivity contribution is 6.31. The monoisotopic (exact) mass is 209 g/mol. The zero-order valence-corrected chi connectivity index (χ0v) is 10.4. The highest BCUT2D eigenvalue weighted by Crippen LogP contribution is 2.20. The Balaban J connectivity index is 2.65. The Kier molecular flexibility index (Phi) is 4.32. The van der Waals surface area contributed by atoms with E-state index in [-0.39, 0.29) is 5.60 Å². The van der Waals surface area contributed by atoms with E-state index in [9.17, 15) is 0 Å². The Morgan fingerprint density at radius 3 is 2.50 bits per heavy atom. The van der Waals surface area contributed by atoms with Crippen molar-refractivity contribution in [2.24, 2.45) is 5.40 Å². The van der Waals surface area contributed by atoms with E-state index in [1.807, 2.05) is 6.07 Å². The largest absolute Gasteiger partial charge is 0.378 e. The van der Waals surface area contributed by atoms with Gasteiger partial charge >= 0.3 is 0 Å². The lowest BCUT2D eigenvalue weighted by Crippen LogP contribution is -2.33. The minimum absolute atomic E-state index is 0.0671. The van der Waals surface area contributed by atoms with Crippen molar-refractivity contribution in [1.29, 1.82) is 0 Å². The number of hydrogen-bond donors (Lipinski definition) is 1. The molecular formula is C11H19NOSi. The van der Waals surface area contributed by atoms with Crippen LogP contribution in [0.2, 0.25) is 6.04 Å². The molecule has 1 rings (SSSR count). The van der Waals surface area contributed by atoms with E-state index in [0.29, 0.717) is 0 Å². The third-order valence-corrected chi connectivity index (χ3v) is 3.93. The fourth-order valence-corrected chi connectivity index (χ4v) is 2.59. The standard InChI is InChI=1S/C11H19NOSi/c1-11(13-2,9-14-12)8-10-6-4-3-5-7-10/h3-7H,8-9,12,14H2,1-2H3. The molecule has 1 unspecified atom stereocenters. The van der Waals surface area contributed by atoms with Crippen molar-refractivity contribution >= 4 is 9.68 Å². The van der Waals surface area contributed by atoms with E-state index >= 15 is 0 Å². The summed E-state index contributed by atoms with van der Waals surface area (Å²) in [5.74, 6) is 0. The van der Waals surface area contributed by atoms with Crippen molar-refractivity contribution in [2.75, 3.05) is 7.11 Å². The van der Waals surface area contributed by atoms with Gasteiger partial charge in [-0.15, -0.1) is 0 Å². The van der Waals surface area contributed by atoms with Crippen LogP contribution >= 0.6 is 0 Å². The van der Waals surface area contributed by atoms with E-state index < -0.39 is 9.68 Å². The molecule has 1 atom stereocenters. The predicted octanol–water partition coefficient (Wildman–Crippen LogP) is 1.09. The quantitative estimate of drug-likeness (QED) is 0.737. The molecule has 0 aliphatic carbocycles. The van der Waals surface area contributed by atoms with E-state index in [2.05, 4.69) is 31.2 Å². The fraction of sp³-hybridized carbons (Fsp3) is 0.455. The summed E-state index contributed by atoms with van der Waals surface area (Å²) in [6.07, 6.45) is 0.953. The number of methoxy groups -OCH3 is 1. The zero-order valence-electron chi connectivity index (χ0n) is 8.99. The second kappa shape index (κ2) is 5.29. The van der Waals surface area contributed by atoms with Gasteiger partial charge in [0.25, 0.3) is 0 Å². The minimum atomic E-state index is -0.442. The Morgan fingerprint density at radius 1 is 1.36 bits per heavy atom. The molecule has 0 aromatic heterocycles. The van der Waals surface area contributed by atoms with Gasteiger partial charge in [0.2, 0.25) is 0 Å². The molecule has 0 fully saturated rings. The molecule has 0 heterocycles. The summed E-state index contributed by atoms with van der Waals surface area (Å²) in [7, 11) is 1.33. The molecule has 2 N–H and O–H groups in total. The molecule has 2 nitrogen and oxygen atoms in total. The number of hydrogen-bond acceptors (Lipinski definition) is 2. The SMILES string of the molecule is COC(C)(C[SiH2]N)Cc1ccccc1. The van der Waals surface area contributed by atoms with E-state index in [1.54, 1.807) is 7.11 Å². The lowest BCUT2D eigenvalue weighted by molar-refractivity contribution is 0.0232. The van der Waals surface area contributed by atoms with Crippen molar-refractivity contribution in [3.8, 4) is 0 Å². The first-order valence-corrected chi connectivity index (χ1v) is 6.81. The second-order valence-electron chi connectivity index (χ2n) is 3.86. The van der Waals surface area contributed by atoms with Crippen molar-refractivity contribution in [3.63, 3.8) is 0 Å². The topological polar surface area (TPSA) is 35.2 Å². The average molecular weight is 209 g/mol. The van der Waals surface area contributed by atoms with Gasteiger partial charge in [-0.2, -0.15) is 0 Å². The fourth-order valence-electron chi connectivity index (χ4n) is 1.60. The molecule has 1 aromatic rings. The van der Waals surface area contributed by atoms with Gasteiger partial charge in [-0.05, 0) is 18.5 Å². The van der Waals surface area contributed by atoms with Gasteiger partial charge in [0.1, 0.15) is 0 Å². The number of benzene rings is 1. The summed E-state index contributed by atoms with van der Waals surface area (Å²) in [5, 5.41) is 5.70. The van der Waals surface area contributed by atoms with Crippen LogP contribution in [0.25, 0.3) is 0 Å². The molecule has 0 aliphatic rings. The first-order valence-electron chi connectivity index (χ1n) is 4.99. The molecule has 3 heteroatoms. The van der Waals surface area contributed by atoms with Crippen LogP contribution in [-0.4, -0.2) is 22.4 Å². The third-order valence-electron chi connectivity index (χ3n) is 2.59. The van der Waals surface area contributed by atoms with Gasteiger partial charge in [0, 0.05) is 13.5 Å². The molecular weight excluding hydrogens is 190 g/mol. The Labute approximate surface area is 88.4 Å². The Hall–Kier alpha value is -0.643. The van der Waals surface area contributed by atoms with Gasteiger partial charge in [-0.25, -0.2) is 0 Å². The molecule has 0 spiro atoms. The second-order valence-corrected chi connectivity index (χ2v) is 4.93. The van der Waals surface area contributed by atoms with Crippen LogP contribution in [0.5, 0.6) is 0 Å². The van der Waals surface area contributed by atoms with Crippen LogP contribution < -0.4 is 5.40 Å². The summed E-state index contributed by atoms with van der Waals surface area (Å²) in [4.78, 5) is 0. The molecule has 0 aliphatic heterocycles. The van der Waals surface area contributed by atoms with Crippen molar-refractivity contribution < 1.29 is 4.74 Å². The highest BCUT2D eigenvalue weighted by Gasteiger charge is 2.22. The van der Waals surface area contributed by atoms with Gasteiger partial charge in [-0.3, -0.25) is 0 Å². The average Bonchev–Trinajstić information content (AvgIpc) is 2.20. The predicted molar refractivity (Wildman–Crippen MR) is 63.1 cm³/mol. The van der Waals surface area contributed by atoms with Gasteiger partial charge in [0.05, 0.1) is 15.3 Å². The first kappa shape index (κ1) is 11.4. The molecule has 0 bridgehead atoms. The third kappa shape index (κ3) is 3.25. The number of ether oxygens (including phenoxy) is 1. The summed E-state index contributed by atoms with van der Waals surface area (Å²) in [6, 6.07) is 11.4. The lowest BCUT2D eigenvalue weighted by Gasteiger charge is -2.27. The number of nitrogens with two attached hydrogens (primary N) is 1. The van der Waals surface area contributed by atoms with E-state index in [1.165, 1.54) is 5.56 Å². The van der Waals surface area contributed by atoms with Gasteiger partial charge in [-0.1, -0.05) is 30.3 Å². The summed E-state index contributed by atoms with van der Waals surface area (Å²) < 4.78 is 5.54. The molecule has 14 heavy (non-hydrogen) atoms. The zero-order chi connectivity index (χ0) is 10.4. The maximum absolute atomic E-state index is 5.70. The minimum Gasteiger partial charge on any atom is -0.378 e. The normalized spacial score (nSPS) is 15.9. The van der Waals surface area contributed by atoms with Crippen LogP contribution in [0.4, 0.5) is 0 Å². The van der Waals surface area contributed by atoms with Crippen molar-refractivity contribution in [1.82, 2.24) is 0 Å². The molecule has 0 saturated heterocycles. The molecule has 0 radical (unpaired) electrons. The smallest absolute Gasteiger partial charge is 0.0916 e. The maximum Gasteiger partial charge on any atom is 0.0916 e. The maximum atomic E-state index is 5.70. The molecule has 0 saturated carbocycles. The van der Waals surface area contributed by atoms with Crippen molar-refractivity contribution in [2.45, 2.75) is 25.0 Å². The van der Waals surface area contributed by atoms with E-state index in [4.69, 9.17) is 10.1 Å². The summed E-state index contributed by atoms with van der Waals surface area (Å²) in [6.45, 7) is 2.14. The molecule has 1 aromatic carbocycles. The van der Waals surface area contributed by atoms with E-state index in [0.717, 1.165) is 12.5 Å². The Bertz CT molecular complexity index is 265. The first-order chi connectivity index (χ1) is 6.70. The molecule has 0 amide bonds.